The first-order valence-corrected chi connectivity index (χ1v) is 10.8. The van der Waals surface area contributed by atoms with Gasteiger partial charge in [0.15, 0.2) is 6.29 Å². The molecule has 0 radical (unpaired) electrons. The van der Waals surface area contributed by atoms with E-state index in [1.54, 1.807) is 17.1 Å². The highest BCUT2D eigenvalue weighted by molar-refractivity contribution is 6.05. The second-order valence-corrected chi connectivity index (χ2v) is 8.23. The summed E-state index contributed by atoms with van der Waals surface area (Å²) in [6.07, 6.45) is 3.27. The van der Waals surface area contributed by atoms with Gasteiger partial charge in [-0.1, -0.05) is 24.3 Å². The minimum absolute atomic E-state index is 0.262. The predicted molar refractivity (Wildman–Crippen MR) is 121 cm³/mol. The number of aliphatic hydroxyl groups is 2. The van der Waals surface area contributed by atoms with Crippen LogP contribution in [-0.2, 0) is 18.3 Å². The van der Waals surface area contributed by atoms with Crippen LogP contribution in [0.15, 0.2) is 61.1 Å². The number of benzene rings is 1. The molecule has 3 atom stereocenters. The van der Waals surface area contributed by atoms with Gasteiger partial charge in [0, 0.05) is 37.7 Å². The van der Waals surface area contributed by atoms with Crippen molar-refractivity contribution in [2.24, 2.45) is 7.05 Å². The summed E-state index contributed by atoms with van der Waals surface area (Å²) < 4.78 is 8.78. The number of aliphatic hydroxyl groups excluding tert-OH is 2. The van der Waals surface area contributed by atoms with E-state index in [9.17, 15) is 15.0 Å². The van der Waals surface area contributed by atoms with Crippen molar-refractivity contribution in [2.75, 3.05) is 6.61 Å². The van der Waals surface area contributed by atoms with Crippen molar-refractivity contribution in [2.45, 2.75) is 31.4 Å². The smallest absolute Gasteiger partial charge is 0.255 e. The highest BCUT2D eigenvalue weighted by Crippen LogP contribution is 2.23. The van der Waals surface area contributed by atoms with E-state index in [-0.39, 0.29) is 12.5 Å². The molecule has 3 N–H and O–H groups in total. The number of carbonyl (C=O) groups excluding carboxylic acids is 1. The number of rotatable bonds is 5. The monoisotopic (exact) mass is 447 g/mol. The Hall–Kier alpha value is -3.53. The Morgan fingerprint density at radius 2 is 2.03 bits per heavy atom. The van der Waals surface area contributed by atoms with Gasteiger partial charge in [0.05, 0.1) is 29.4 Å². The molecule has 1 unspecified atom stereocenters. The van der Waals surface area contributed by atoms with E-state index in [4.69, 9.17) is 4.74 Å². The maximum atomic E-state index is 13.0. The lowest BCUT2D eigenvalue weighted by Gasteiger charge is -2.32. The van der Waals surface area contributed by atoms with Crippen molar-refractivity contribution in [3.05, 3.63) is 72.2 Å². The van der Waals surface area contributed by atoms with Crippen LogP contribution < -0.4 is 5.32 Å². The molecule has 0 saturated carbocycles. The fraction of sp³-hybridized carbons (Fsp3) is 0.292. The number of hydrogen-bond acceptors (Lipinski definition) is 6. The summed E-state index contributed by atoms with van der Waals surface area (Å²) in [5.41, 5.74) is 4.87. The van der Waals surface area contributed by atoms with E-state index in [1.807, 2.05) is 60.3 Å². The molecule has 9 heteroatoms. The molecular formula is C24H25N5O4. The summed E-state index contributed by atoms with van der Waals surface area (Å²) in [5, 5.41) is 27.1. The van der Waals surface area contributed by atoms with Crippen LogP contribution in [0.2, 0.25) is 0 Å². The van der Waals surface area contributed by atoms with Crippen LogP contribution in [0.3, 0.4) is 0 Å². The Balaban J connectivity index is 1.39. The third-order valence-corrected chi connectivity index (χ3v) is 5.94. The van der Waals surface area contributed by atoms with Crippen LogP contribution in [0.25, 0.3) is 22.3 Å². The van der Waals surface area contributed by atoms with Crippen molar-refractivity contribution in [1.29, 1.82) is 0 Å². The fourth-order valence-corrected chi connectivity index (χ4v) is 4.15. The summed E-state index contributed by atoms with van der Waals surface area (Å²) in [6.45, 7) is 0.828. The molecule has 170 valence electrons. The molecule has 0 spiro atoms. The third-order valence-electron chi connectivity index (χ3n) is 5.94. The number of hydrogen-bond donors (Lipinski definition) is 3. The average Bonchev–Trinajstić information content (AvgIpc) is 3.41. The number of nitrogens with zero attached hydrogens (tertiary/aromatic N) is 4. The molecule has 4 aromatic rings. The molecule has 1 aliphatic heterocycles. The highest BCUT2D eigenvalue weighted by atomic mass is 16.6. The fourth-order valence-electron chi connectivity index (χ4n) is 4.15. The standard InChI is InChI=1S/C24H25N5O4/c1-28-11-8-18(27-28)16-6-4-15(5-7-16)13-29-14-17(21-20(29)3-2-10-25-21)23(31)26-19-9-12-33-24(32)22(19)30/h2-8,10-11,14,19,22,24,30,32H,9,12-13H2,1H3,(H,26,31)/t19-,22+,24?/m0/s1. The first kappa shape index (κ1) is 21.3. The first-order valence-electron chi connectivity index (χ1n) is 10.8. The number of fused-ring (bicyclic) bond motifs is 1. The molecule has 5 rings (SSSR count). The number of ether oxygens (including phenoxy) is 1. The normalized spacial score (nSPS) is 20.8. The van der Waals surface area contributed by atoms with Crippen LogP contribution in [0.1, 0.15) is 22.3 Å². The lowest BCUT2D eigenvalue weighted by atomic mass is 10.0. The Labute approximate surface area is 190 Å². The van der Waals surface area contributed by atoms with Crippen molar-refractivity contribution in [3.63, 3.8) is 0 Å². The summed E-state index contributed by atoms with van der Waals surface area (Å²) in [4.78, 5) is 17.5. The zero-order valence-corrected chi connectivity index (χ0v) is 18.1. The van der Waals surface area contributed by atoms with Crippen LogP contribution in [0.4, 0.5) is 0 Å². The first-order chi connectivity index (χ1) is 16.0. The van der Waals surface area contributed by atoms with Gasteiger partial charge >= 0.3 is 0 Å². The van der Waals surface area contributed by atoms with Gasteiger partial charge in [-0.15, -0.1) is 0 Å². The summed E-state index contributed by atoms with van der Waals surface area (Å²) in [5.74, 6) is -0.346. The van der Waals surface area contributed by atoms with E-state index < -0.39 is 18.4 Å². The summed E-state index contributed by atoms with van der Waals surface area (Å²) >= 11 is 0. The molecule has 1 saturated heterocycles. The van der Waals surface area contributed by atoms with Crippen LogP contribution in [0.5, 0.6) is 0 Å². The van der Waals surface area contributed by atoms with E-state index in [0.717, 1.165) is 22.3 Å². The maximum Gasteiger partial charge on any atom is 0.255 e. The average molecular weight is 447 g/mol. The molecule has 1 aliphatic rings. The van der Waals surface area contributed by atoms with Gasteiger partial charge in [-0.25, -0.2) is 0 Å². The lowest BCUT2D eigenvalue weighted by molar-refractivity contribution is -0.193. The Bertz CT molecular complexity index is 1280. The Morgan fingerprint density at radius 1 is 1.21 bits per heavy atom. The largest absolute Gasteiger partial charge is 0.386 e. The van der Waals surface area contributed by atoms with E-state index in [2.05, 4.69) is 15.4 Å². The quantitative estimate of drug-likeness (QED) is 0.429. The second kappa shape index (κ2) is 8.78. The van der Waals surface area contributed by atoms with Crippen LogP contribution in [0, 0.1) is 0 Å². The van der Waals surface area contributed by atoms with Crippen LogP contribution >= 0.6 is 0 Å². The number of pyridine rings is 1. The number of nitrogens with one attached hydrogen (secondary N) is 1. The zero-order chi connectivity index (χ0) is 22.9. The molecule has 1 aromatic carbocycles. The molecule has 33 heavy (non-hydrogen) atoms. The zero-order valence-electron chi connectivity index (χ0n) is 18.1. The highest BCUT2D eigenvalue weighted by Gasteiger charge is 2.33. The van der Waals surface area contributed by atoms with Crippen LogP contribution in [-0.4, -0.2) is 60.5 Å². The molecular weight excluding hydrogens is 422 g/mol. The molecule has 9 nitrogen and oxygen atoms in total. The van der Waals surface area contributed by atoms with Gasteiger partial charge in [-0.3, -0.25) is 14.5 Å². The van der Waals surface area contributed by atoms with Crippen molar-refractivity contribution < 1.29 is 19.7 Å². The van der Waals surface area contributed by atoms with Gasteiger partial charge in [0.1, 0.15) is 11.6 Å². The number of carbonyl (C=O) groups is 1. The Morgan fingerprint density at radius 3 is 2.79 bits per heavy atom. The minimum Gasteiger partial charge on any atom is -0.386 e. The van der Waals surface area contributed by atoms with Crippen molar-refractivity contribution in [1.82, 2.24) is 24.6 Å². The molecule has 0 bridgehead atoms. The van der Waals surface area contributed by atoms with Crippen molar-refractivity contribution >= 4 is 16.9 Å². The number of aromatic nitrogens is 4. The number of amides is 1. The summed E-state index contributed by atoms with van der Waals surface area (Å²) in [6, 6.07) is 13.3. The van der Waals surface area contributed by atoms with E-state index >= 15 is 0 Å². The summed E-state index contributed by atoms with van der Waals surface area (Å²) in [7, 11) is 1.89. The van der Waals surface area contributed by atoms with Gasteiger partial charge in [0.25, 0.3) is 5.91 Å². The van der Waals surface area contributed by atoms with Gasteiger partial charge in [-0.2, -0.15) is 5.10 Å². The third kappa shape index (κ3) is 4.25. The maximum absolute atomic E-state index is 13.0. The molecule has 3 aromatic heterocycles. The Kier molecular flexibility index (Phi) is 5.67. The molecule has 1 amide bonds. The lowest BCUT2D eigenvalue weighted by Crippen LogP contribution is -2.53. The van der Waals surface area contributed by atoms with E-state index in [1.165, 1.54) is 0 Å². The molecule has 4 heterocycles. The molecule has 1 fully saturated rings. The number of aryl methyl sites for hydroxylation is 1. The molecule has 0 aliphatic carbocycles. The van der Waals surface area contributed by atoms with Gasteiger partial charge in [-0.05, 0) is 30.2 Å². The van der Waals surface area contributed by atoms with Gasteiger partial charge < -0.3 is 24.8 Å². The topological polar surface area (TPSA) is 114 Å². The second-order valence-electron chi connectivity index (χ2n) is 8.23. The SMILES string of the molecule is Cn1ccc(-c2ccc(Cn3cc(C(=O)N[C@H]4CCOC(O)[C@@H]4O)c4ncccc43)cc2)n1. The van der Waals surface area contributed by atoms with Gasteiger partial charge in [0.2, 0.25) is 0 Å². The minimum atomic E-state index is -1.31. The predicted octanol–water partition coefficient (Wildman–Crippen LogP) is 1.68. The van der Waals surface area contributed by atoms with E-state index in [0.29, 0.717) is 24.0 Å². The van der Waals surface area contributed by atoms with Crippen molar-refractivity contribution in [3.8, 4) is 11.3 Å².